The molecule has 0 aliphatic carbocycles. The molecule has 10 heteroatoms. The van der Waals surface area contributed by atoms with Crippen LogP contribution in [0.4, 0.5) is 0 Å². The minimum Gasteiger partial charge on any atom is -0.457 e. The van der Waals surface area contributed by atoms with E-state index in [0.717, 1.165) is 22.0 Å². The fourth-order valence-electron chi connectivity index (χ4n) is 5.02. The number of ether oxygens (including phenoxy) is 1. The lowest BCUT2D eigenvalue weighted by atomic mass is 9.99. The Morgan fingerprint density at radius 1 is 1.12 bits per heavy atom. The van der Waals surface area contributed by atoms with E-state index in [9.17, 15) is 19.2 Å². The van der Waals surface area contributed by atoms with Crippen LogP contribution in [0.5, 0.6) is 0 Å². The molecule has 3 rings (SSSR count). The molecule has 2 aromatic rings. The molecule has 1 aliphatic rings. The average molecular weight is 592 g/mol. The quantitative estimate of drug-likeness (QED) is 0.249. The number of pyridine rings is 1. The maximum Gasteiger partial charge on any atom is 0.325 e. The van der Waals surface area contributed by atoms with Crippen molar-refractivity contribution in [2.45, 2.75) is 85.0 Å². The first kappa shape index (κ1) is 33.5. The standard InChI is InChI=1S/C33H45N5O5/c1-8-12-23(9-2)30(39)36-29(20(4)5)31(40)35-21(6)32(41)38-16-11-13-28(37-38)33(42)43-22(7)24-14-15-25-19-34-27(10-3)18-26(25)17-24/h8,10,12,14-15,17-23,28-29,37H,3,9,11,13,16H2,1-2,4-7H3,(H,35,40)(H,36,39)/b12-8+/t21-,22+,23+,28-,29?/m0/s1. The van der Waals surface area contributed by atoms with Crippen LogP contribution < -0.4 is 16.1 Å². The summed E-state index contributed by atoms with van der Waals surface area (Å²) in [6.45, 7) is 15.0. The van der Waals surface area contributed by atoms with Gasteiger partial charge in [-0.15, -0.1) is 0 Å². The molecular weight excluding hydrogens is 546 g/mol. The number of nitrogens with one attached hydrogen (secondary N) is 3. The number of hydrazine groups is 1. The van der Waals surface area contributed by atoms with Gasteiger partial charge in [-0.1, -0.05) is 51.6 Å². The molecule has 1 aliphatic heterocycles. The number of nitrogens with zero attached hydrogens (tertiary/aromatic N) is 2. The van der Waals surface area contributed by atoms with Crippen LogP contribution in [0.15, 0.2) is 49.2 Å². The van der Waals surface area contributed by atoms with Gasteiger partial charge in [0.15, 0.2) is 0 Å². The molecule has 1 saturated heterocycles. The van der Waals surface area contributed by atoms with Crippen LogP contribution >= 0.6 is 0 Å². The third-order valence-electron chi connectivity index (χ3n) is 7.65. The molecule has 0 bridgehead atoms. The van der Waals surface area contributed by atoms with Crippen LogP contribution in [0.1, 0.15) is 78.2 Å². The fraction of sp³-hybridized carbons (Fsp3) is 0.485. The van der Waals surface area contributed by atoms with Crippen molar-refractivity contribution < 1.29 is 23.9 Å². The van der Waals surface area contributed by atoms with Crippen molar-refractivity contribution in [3.63, 3.8) is 0 Å². The lowest BCUT2D eigenvalue weighted by Gasteiger charge is -2.35. The minimum absolute atomic E-state index is 0.188. The first-order valence-corrected chi connectivity index (χ1v) is 15.0. The van der Waals surface area contributed by atoms with E-state index in [2.05, 4.69) is 27.6 Å². The summed E-state index contributed by atoms with van der Waals surface area (Å²) in [6.07, 6.45) is 8.28. The number of allylic oxidation sites excluding steroid dienone is 1. The smallest absolute Gasteiger partial charge is 0.325 e. The molecule has 3 N–H and O–H groups in total. The number of amides is 3. The van der Waals surface area contributed by atoms with Crippen molar-refractivity contribution in [2.75, 3.05) is 6.54 Å². The second kappa shape index (κ2) is 15.4. The van der Waals surface area contributed by atoms with E-state index < -0.39 is 36.1 Å². The van der Waals surface area contributed by atoms with Crippen LogP contribution in [0.25, 0.3) is 16.8 Å². The summed E-state index contributed by atoms with van der Waals surface area (Å²) in [4.78, 5) is 56.5. The van der Waals surface area contributed by atoms with Gasteiger partial charge in [0.1, 0.15) is 24.2 Å². The van der Waals surface area contributed by atoms with E-state index in [4.69, 9.17) is 4.74 Å². The van der Waals surface area contributed by atoms with Crippen molar-refractivity contribution in [3.05, 3.63) is 60.5 Å². The Morgan fingerprint density at radius 2 is 1.86 bits per heavy atom. The highest BCUT2D eigenvalue weighted by molar-refractivity contribution is 5.93. The number of benzene rings is 1. The van der Waals surface area contributed by atoms with Crippen molar-refractivity contribution in [2.24, 2.45) is 11.8 Å². The summed E-state index contributed by atoms with van der Waals surface area (Å²) in [7, 11) is 0. The molecule has 0 radical (unpaired) electrons. The Labute approximate surface area is 254 Å². The zero-order valence-corrected chi connectivity index (χ0v) is 26.1. The molecule has 43 heavy (non-hydrogen) atoms. The SMILES string of the molecule is C=Cc1cc2cc([C@@H](C)OC(=O)[C@@H]3CCCN(C(=O)[C@H](C)NC(=O)C(NC(=O)[C@@H](/C=C/C)CC)C(C)C)N3)ccc2cn1. The molecule has 10 nitrogen and oxygen atoms in total. The highest BCUT2D eigenvalue weighted by atomic mass is 16.5. The lowest BCUT2D eigenvalue weighted by Crippen LogP contribution is -2.61. The molecule has 1 aromatic carbocycles. The fourth-order valence-corrected chi connectivity index (χ4v) is 5.02. The molecule has 0 saturated carbocycles. The van der Waals surface area contributed by atoms with Gasteiger partial charge in [0.05, 0.1) is 11.6 Å². The van der Waals surface area contributed by atoms with E-state index in [0.29, 0.717) is 25.8 Å². The van der Waals surface area contributed by atoms with E-state index >= 15 is 0 Å². The van der Waals surface area contributed by atoms with Gasteiger partial charge in [-0.05, 0) is 75.1 Å². The molecule has 1 unspecified atom stereocenters. The highest BCUT2D eigenvalue weighted by Crippen LogP contribution is 2.24. The van der Waals surface area contributed by atoms with Crippen LogP contribution in [0, 0.1) is 11.8 Å². The van der Waals surface area contributed by atoms with Crippen LogP contribution in [-0.4, -0.2) is 58.4 Å². The van der Waals surface area contributed by atoms with E-state index in [1.165, 1.54) is 5.01 Å². The highest BCUT2D eigenvalue weighted by Gasteiger charge is 2.34. The van der Waals surface area contributed by atoms with Crippen LogP contribution in [0.2, 0.25) is 0 Å². The maximum atomic E-state index is 13.3. The summed E-state index contributed by atoms with van der Waals surface area (Å²) in [5.74, 6) is -2.03. The molecular formula is C33H45N5O5. The van der Waals surface area contributed by atoms with Crippen molar-refractivity contribution in [1.29, 1.82) is 0 Å². The van der Waals surface area contributed by atoms with E-state index in [-0.39, 0.29) is 23.7 Å². The summed E-state index contributed by atoms with van der Waals surface area (Å²) >= 11 is 0. The largest absolute Gasteiger partial charge is 0.457 e. The number of aromatic nitrogens is 1. The monoisotopic (exact) mass is 591 g/mol. The average Bonchev–Trinajstić information content (AvgIpc) is 3.00. The Hall–Kier alpha value is -4.05. The van der Waals surface area contributed by atoms with Crippen molar-refractivity contribution in [3.8, 4) is 0 Å². The van der Waals surface area contributed by atoms with E-state index in [1.807, 2.05) is 65.0 Å². The Morgan fingerprint density at radius 3 is 2.51 bits per heavy atom. The van der Waals surface area contributed by atoms with Gasteiger partial charge in [-0.25, -0.2) is 5.43 Å². The zero-order chi connectivity index (χ0) is 31.7. The second-order valence-corrected chi connectivity index (χ2v) is 11.3. The zero-order valence-electron chi connectivity index (χ0n) is 26.1. The molecule has 0 spiro atoms. The van der Waals surface area contributed by atoms with Crippen LogP contribution in [-0.2, 0) is 23.9 Å². The maximum absolute atomic E-state index is 13.3. The Bertz CT molecular complexity index is 1360. The van der Waals surface area contributed by atoms with Gasteiger partial charge >= 0.3 is 5.97 Å². The first-order valence-electron chi connectivity index (χ1n) is 15.0. The first-order chi connectivity index (χ1) is 20.5. The molecule has 232 valence electrons. The van der Waals surface area contributed by atoms with Gasteiger partial charge in [0, 0.05) is 18.1 Å². The van der Waals surface area contributed by atoms with Crippen LogP contribution in [0.3, 0.4) is 0 Å². The van der Waals surface area contributed by atoms with Gasteiger partial charge in [0.2, 0.25) is 11.8 Å². The topological polar surface area (TPSA) is 130 Å². The van der Waals surface area contributed by atoms with E-state index in [1.54, 1.807) is 25.3 Å². The third-order valence-corrected chi connectivity index (χ3v) is 7.65. The molecule has 3 amide bonds. The van der Waals surface area contributed by atoms with Gasteiger partial charge < -0.3 is 15.4 Å². The number of hydrogen-bond donors (Lipinski definition) is 3. The normalized spacial score (nSPS) is 18.1. The molecule has 5 atom stereocenters. The van der Waals surface area contributed by atoms with Gasteiger partial charge in [-0.3, -0.25) is 29.2 Å². The summed E-state index contributed by atoms with van der Waals surface area (Å²) in [5, 5.41) is 8.88. The van der Waals surface area contributed by atoms with Gasteiger partial charge in [0.25, 0.3) is 5.91 Å². The third kappa shape index (κ3) is 8.73. The summed E-state index contributed by atoms with van der Waals surface area (Å²) < 4.78 is 5.79. The van der Waals surface area contributed by atoms with Crippen molar-refractivity contribution >= 4 is 40.5 Å². The molecule has 1 aromatic heterocycles. The predicted octanol–water partition coefficient (Wildman–Crippen LogP) is 4.23. The Balaban J connectivity index is 1.59. The predicted molar refractivity (Wildman–Crippen MR) is 167 cm³/mol. The van der Waals surface area contributed by atoms with Gasteiger partial charge in [-0.2, -0.15) is 0 Å². The lowest BCUT2D eigenvalue weighted by molar-refractivity contribution is -0.157. The molecule has 2 heterocycles. The number of carbonyl (C=O) groups is 4. The summed E-state index contributed by atoms with van der Waals surface area (Å²) in [5.41, 5.74) is 4.59. The van der Waals surface area contributed by atoms with Crippen molar-refractivity contribution in [1.82, 2.24) is 26.1 Å². The number of fused-ring (bicyclic) bond motifs is 1. The Kier molecular flexibility index (Phi) is 12.0. The number of carbonyl (C=O) groups excluding carboxylic acids is 4. The minimum atomic E-state index is -0.878. The second-order valence-electron chi connectivity index (χ2n) is 11.3. The number of rotatable bonds is 12. The number of hydrogen-bond acceptors (Lipinski definition) is 7. The summed E-state index contributed by atoms with van der Waals surface area (Å²) in [6, 6.07) is 5.35. The molecule has 1 fully saturated rings. The number of esters is 1.